The lowest BCUT2D eigenvalue weighted by atomic mass is 10.1. The van der Waals surface area contributed by atoms with Gasteiger partial charge in [-0.2, -0.15) is 0 Å². The normalized spacial score (nSPS) is 12.3. The van der Waals surface area contributed by atoms with E-state index in [9.17, 15) is 0 Å². The topological polar surface area (TPSA) is 39.1 Å². The molecule has 21 heavy (non-hydrogen) atoms. The van der Waals surface area contributed by atoms with E-state index in [0.29, 0.717) is 6.04 Å². The molecule has 0 aliphatic carbocycles. The minimum atomic E-state index is 0.537. The van der Waals surface area contributed by atoms with Crippen molar-refractivity contribution in [3.63, 3.8) is 0 Å². The van der Waals surface area contributed by atoms with Crippen LogP contribution in [0.1, 0.15) is 25.3 Å². The minimum Gasteiger partial charge on any atom is -0.497 e. The van der Waals surface area contributed by atoms with Crippen molar-refractivity contribution in [2.75, 3.05) is 13.7 Å². The van der Waals surface area contributed by atoms with Crippen molar-refractivity contribution < 1.29 is 4.74 Å². The molecule has 2 aromatic rings. The molecule has 4 heteroatoms. The number of imidazole rings is 1. The molecule has 2 rings (SSSR count). The number of methoxy groups -OCH3 is 1. The zero-order valence-electron chi connectivity index (χ0n) is 13.0. The number of rotatable bonds is 9. The van der Waals surface area contributed by atoms with Crippen LogP contribution >= 0.6 is 0 Å². The van der Waals surface area contributed by atoms with Crippen molar-refractivity contribution in [3.8, 4) is 5.75 Å². The Labute approximate surface area is 127 Å². The summed E-state index contributed by atoms with van der Waals surface area (Å²) in [5.41, 5.74) is 1.36. The van der Waals surface area contributed by atoms with Gasteiger partial charge in [-0.3, -0.25) is 0 Å². The highest BCUT2D eigenvalue weighted by atomic mass is 16.5. The van der Waals surface area contributed by atoms with E-state index < -0.39 is 0 Å². The van der Waals surface area contributed by atoms with Gasteiger partial charge in [0, 0.05) is 25.0 Å². The molecular formula is C17H25N3O. The van der Waals surface area contributed by atoms with E-state index in [1.807, 2.05) is 30.9 Å². The van der Waals surface area contributed by atoms with E-state index in [0.717, 1.165) is 38.1 Å². The standard InChI is InChI=1S/C17H25N3O/c1-15(19-10-3-12-20-13-11-18-14-20)4-5-16-6-8-17(21-2)9-7-16/h6-9,11,13-15,19H,3-5,10,12H2,1-2H3. The fourth-order valence-electron chi connectivity index (χ4n) is 2.31. The van der Waals surface area contributed by atoms with Gasteiger partial charge in [-0.15, -0.1) is 0 Å². The third-order valence-electron chi connectivity index (χ3n) is 3.67. The highest BCUT2D eigenvalue weighted by Crippen LogP contribution is 2.13. The lowest BCUT2D eigenvalue weighted by Crippen LogP contribution is -2.28. The molecule has 0 aliphatic rings. The average molecular weight is 287 g/mol. The highest BCUT2D eigenvalue weighted by Gasteiger charge is 2.02. The first-order chi connectivity index (χ1) is 10.3. The Balaban J connectivity index is 1.59. The van der Waals surface area contributed by atoms with E-state index in [4.69, 9.17) is 4.74 Å². The maximum Gasteiger partial charge on any atom is 0.118 e. The van der Waals surface area contributed by atoms with Crippen LogP contribution in [0, 0.1) is 0 Å². The van der Waals surface area contributed by atoms with Crippen LogP contribution in [0.3, 0.4) is 0 Å². The van der Waals surface area contributed by atoms with Crippen LogP contribution in [0.2, 0.25) is 0 Å². The second kappa shape index (κ2) is 8.47. The number of hydrogen-bond donors (Lipinski definition) is 1. The molecule has 1 atom stereocenters. The lowest BCUT2D eigenvalue weighted by Gasteiger charge is -2.14. The van der Waals surface area contributed by atoms with Crippen molar-refractivity contribution in [1.29, 1.82) is 0 Å². The largest absolute Gasteiger partial charge is 0.497 e. The Kier molecular flexibility index (Phi) is 6.28. The molecule has 1 heterocycles. The first kappa shape index (κ1) is 15.6. The summed E-state index contributed by atoms with van der Waals surface area (Å²) < 4.78 is 7.29. The average Bonchev–Trinajstić information content (AvgIpc) is 3.03. The first-order valence-corrected chi connectivity index (χ1v) is 7.60. The van der Waals surface area contributed by atoms with Gasteiger partial charge in [0.1, 0.15) is 5.75 Å². The van der Waals surface area contributed by atoms with Crippen molar-refractivity contribution in [2.24, 2.45) is 0 Å². The predicted octanol–water partition coefficient (Wildman–Crippen LogP) is 2.89. The van der Waals surface area contributed by atoms with Crippen LogP contribution in [0.5, 0.6) is 5.75 Å². The molecule has 0 amide bonds. The third-order valence-corrected chi connectivity index (χ3v) is 3.67. The summed E-state index contributed by atoms with van der Waals surface area (Å²) in [7, 11) is 1.70. The van der Waals surface area contributed by atoms with E-state index in [2.05, 4.69) is 33.9 Å². The Bertz CT molecular complexity index is 493. The zero-order valence-corrected chi connectivity index (χ0v) is 13.0. The van der Waals surface area contributed by atoms with E-state index in [1.165, 1.54) is 5.56 Å². The number of benzene rings is 1. The zero-order chi connectivity index (χ0) is 14.9. The molecule has 0 bridgehead atoms. The maximum absolute atomic E-state index is 5.17. The minimum absolute atomic E-state index is 0.537. The third kappa shape index (κ3) is 5.60. The number of aryl methyl sites for hydroxylation is 2. The molecule has 0 fully saturated rings. The SMILES string of the molecule is COc1ccc(CCC(C)NCCCn2ccnc2)cc1. The fraction of sp³-hybridized carbons (Fsp3) is 0.471. The molecule has 0 spiro atoms. The van der Waals surface area contributed by atoms with Crippen LogP contribution < -0.4 is 10.1 Å². The maximum atomic E-state index is 5.17. The first-order valence-electron chi connectivity index (χ1n) is 7.60. The number of ether oxygens (including phenoxy) is 1. The molecule has 0 saturated heterocycles. The molecule has 1 unspecified atom stereocenters. The van der Waals surface area contributed by atoms with Crippen molar-refractivity contribution in [1.82, 2.24) is 14.9 Å². The van der Waals surface area contributed by atoms with Gasteiger partial charge in [-0.1, -0.05) is 12.1 Å². The van der Waals surface area contributed by atoms with E-state index in [-0.39, 0.29) is 0 Å². The van der Waals surface area contributed by atoms with Gasteiger partial charge in [-0.25, -0.2) is 4.98 Å². The fourth-order valence-corrected chi connectivity index (χ4v) is 2.31. The second-order valence-electron chi connectivity index (χ2n) is 5.40. The van der Waals surface area contributed by atoms with E-state index in [1.54, 1.807) is 7.11 Å². The molecule has 0 saturated carbocycles. The van der Waals surface area contributed by atoms with Crippen molar-refractivity contribution >= 4 is 0 Å². The van der Waals surface area contributed by atoms with Gasteiger partial charge in [0.15, 0.2) is 0 Å². The smallest absolute Gasteiger partial charge is 0.118 e. The Morgan fingerprint density at radius 2 is 2.10 bits per heavy atom. The van der Waals surface area contributed by atoms with Crippen LogP contribution in [0.4, 0.5) is 0 Å². The summed E-state index contributed by atoms with van der Waals surface area (Å²) in [5, 5.41) is 3.58. The van der Waals surface area contributed by atoms with Gasteiger partial charge in [0.2, 0.25) is 0 Å². The van der Waals surface area contributed by atoms with E-state index >= 15 is 0 Å². The number of nitrogens with zero attached hydrogens (tertiary/aromatic N) is 2. The summed E-state index contributed by atoms with van der Waals surface area (Å²) in [6, 6.07) is 8.88. The van der Waals surface area contributed by atoms with Crippen LogP contribution in [0.15, 0.2) is 43.0 Å². The molecule has 1 N–H and O–H groups in total. The van der Waals surface area contributed by atoms with Gasteiger partial charge >= 0.3 is 0 Å². The number of aromatic nitrogens is 2. The van der Waals surface area contributed by atoms with Crippen LogP contribution in [-0.4, -0.2) is 29.2 Å². The second-order valence-corrected chi connectivity index (χ2v) is 5.40. The molecular weight excluding hydrogens is 262 g/mol. The van der Waals surface area contributed by atoms with Gasteiger partial charge in [0.25, 0.3) is 0 Å². The highest BCUT2D eigenvalue weighted by molar-refractivity contribution is 5.27. The van der Waals surface area contributed by atoms with Crippen LogP contribution in [-0.2, 0) is 13.0 Å². The van der Waals surface area contributed by atoms with Crippen molar-refractivity contribution in [2.45, 2.75) is 38.8 Å². The van der Waals surface area contributed by atoms with Gasteiger partial charge in [-0.05, 0) is 50.4 Å². The summed E-state index contributed by atoms with van der Waals surface area (Å²) in [6.45, 7) is 4.32. The summed E-state index contributed by atoms with van der Waals surface area (Å²) in [6.07, 6.45) is 9.07. The van der Waals surface area contributed by atoms with Gasteiger partial charge in [0.05, 0.1) is 13.4 Å². The summed E-state index contributed by atoms with van der Waals surface area (Å²) in [5.74, 6) is 0.921. The van der Waals surface area contributed by atoms with Crippen molar-refractivity contribution in [3.05, 3.63) is 48.5 Å². The molecule has 0 radical (unpaired) electrons. The Morgan fingerprint density at radius 1 is 1.29 bits per heavy atom. The summed E-state index contributed by atoms with van der Waals surface area (Å²) >= 11 is 0. The van der Waals surface area contributed by atoms with Gasteiger partial charge < -0.3 is 14.6 Å². The summed E-state index contributed by atoms with van der Waals surface area (Å²) in [4.78, 5) is 4.04. The number of hydrogen-bond acceptors (Lipinski definition) is 3. The lowest BCUT2D eigenvalue weighted by molar-refractivity contribution is 0.414. The molecule has 1 aromatic heterocycles. The molecule has 4 nitrogen and oxygen atoms in total. The van der Waals surface area contributed by atoms with Crippen LogP contribution in [0.25, 0.3) is 0 Å². The predicted molar refractivity (Wildman–Crippen MR) is 85.6 cm³/mol. The number of nitrogens with one attached hydrogen (secondary N) is 1. The molecule has 114 valence electrons. The molecule has 0 aliphatic heterocycles. The Morgan fingerprint density at radius 3 is 2.76 bits per heavy atom. The monoisotopic (exact) mass is 287 g/mol. The molecule has 1 aromatic carbocycles. The Hall–Kier alpha value is -1.81. The quantitative estimate of drug-likeness (QED) is 0.721.